The summed E-state index contributed by atoms with van der Waals surface area (Å²) >= 11 is 0. The van der Waals surface area contributed by atoms with E-state index >= 15 is 0 Å². The third-order valence-corrected chi connectivity index (χ3v) is 2.31. The van der Waals surface area contributed by atoms with Crippen LogP contribution in [0.25, 0.3) is 0 Å². The molecule has 1 atom stereocenters. The van der Waals surface area contributed by atoms with Crippen molar-refractivity contribution in [3.63, 3.8) is 0 Å². The molecule has 0 rings (SSSR count). The van der Waals surface area contributed by atoms with Gasteiger partial charge in [0.15, 0.2) is 6.10 Å². The van der Waals surface area contributed by atoms with Crippen LogP contribution in [0.3, 0.4) is 0 Å². The van der Waals surface area contributed by atoms with Crippen LogP contribution < -0.4 is 0 Å². The van der Waals surface area contributed by atoms with E-state index in [1.807, 2.05) is 6.92 Å². The zero-order valence-corrected chi connectivity index (χ0v) is 9.37. The number of unbranched alkanes of at least 4 members (excludes halogenated alkanes) is 3. The van der Waals surface area contributed by atoms with Gasteiger partial charge in [-0.25, -0.2) is 8.98 Å². The van der Waals surface area contributed by atoms with Gasteiger partial charge in [-0.1, -0.05) is 32.6 Å². The van der Waals surface area contributed by atoms with Crippen molar-refractivity contribution < 1.29 is 27.1 Å². The molecular weight excluding hydrogens is 224 g/mol. The second kappa shape index (κ2) is 6.76. The highest BCUT2D eigenvalue weighted by Crippen LogP contribution is 2.10. The molecule has 0 aromatic carbocycles. The van der Waals surface area contributed by atoms with Crippen molar-refractivity contribution in [1.82, 2.24) is 0 Å². The number of carboxylic acids is 1. The van der Waals surface area contributed by atoms with E-state index in [9.17, 15) is 13.2 Å². The van der Waals surface area contributed by atoms with Gasteiger partial charge in [-0.05, 0) is 6.42 Å². The van der Waals surface area contributed by atoms with Gasteiger partial charge in [-0.3, -0.25) is 4.55 Å². The normalized spacial score (nSPS) is 13.7. The van der Waals surface area contributed by atoms with Crippen LogP contribution in [0.2, 0.25) is 0 Å². The lowest BCUT2D eigenvalue weighted by Gasteiger charge is -2.10. The molecule has 0 bridgehead atoms. The Morgan fingerprint density at radius 1 is 1.33 bits per heavy atom. The molecular formula is C8H16O6S. The predicted octanol–water partition coefficient (Wildman–Crippen LogP) is 1.23. The number of hydrogen-bond acceptors (Lipinski definition) is 4. The molecule has 0 aromatic rings. The van der Waals surface area contributed by atoms with Crippen molar-refractivity contribution in [2.75, 3.05) is 0 Å². The van der Waals surface area contributed by atoms with E-state index in [-0.39, 0.29) is 6.42 Å². The van der Waals surface area contributed by atoms with Crippen molar-refractivity contribution >= 4 is 16.4 Å². The van der Waals surface area contributed by atoms with E-state index in [0.29, 0.717) is 6.42 Å². The largest absolute Gasteiger partial charge is 0.479 e. The first-order valence-corrected chi connectivity index (χ1v) is 6.12. The Bertz CT molecular complexity index is 284. The lowest BCUT2D eigenvalue weighted by Crippen LogP contribution is -2.26. The van der Waals surface area contributed by atoms with Gasteiger partial charge in [-0.2, -0.15) is 8.42 Å². The fourth-order valence-corrected chi connectivity index (χ4v) is 1.59. The van der Waals surface area contributed by atoms with Gasteiger partial charge < -0.3 is 5.11 Å². The Hall–Kier alpha value is -0.660. The van der Waals surface area contributed by atoms with Crippen LogP contribution in [-0.4, -0.2) is 30.2 Å². The molecule has 2 N–H and O–H groups in total. The molecule has 0 heterocycles. The summed E-state index contributed by atoms with van der Waals surface area (Å²) in [6.07, 6.45) is 1.91. The molecule has 0 fully saturated rings. The fourth-order valence-electron chi connectivity index (χ4n) is 1.12. The lowest BCUT2D eigenvalue weighted by atomic mass is 10.1. The van der Waals surface area contributed by atoms with E-state index < -0.39 is 22.5 Å². The molecule has 0 aromatic heterocycles. The summed E-state index contributed by atoms with van der Waals surface area (Å²) in [7, 11) is -4.69. The number of carbonyl (C=O) groups is 1. The molecule has 0 aliphatic rings. The lowest BCUT2D eigenvalue weighted by molar-refractivity contribution is -0.145. The van der Waals surface area contributed by atoms with Crippen LogP contribution in [0.5, 0.6) is 0 Å². The smallest absolute Gasteiger partial charge is 0.398 e. The molecule has 0 aliphatic carbocycles. The standard InChI is InChI=1S/C8H16O6S/c1-2-3-4-5-6-7(8(9)10)14-15(11,12)13/h7H,2-6H2,1H3,(H,9,10)(H,11,12,13). The Kier molecular flexibility index (Phi) is 6.46. The van der Waals surface area contributed by atoms with Crippen LogP contribution in [0.1, 0.15) is 39.0 Å². The van der Waals surface area contributed by atoms with Gasteiger partial charge in [-0.15, -0.1) is 0 Å². The van der Waals surface area contributed by atoms with Gasteiger partial charge in [0.1, 0.15) is 0 Å². The first-order valence-electron chi connectivity index (χ1n) is 4.75. The summed E-state index contributed by atoms with van der Waals surface area (Å²) in [6, 6.07) is 0. The van der Waals surface area contributed by atoms with Crippen LogP contribution in [0, 0.1) is 0 Å². The molecule has 15 heavy (non-hydrogen) atoms. The van der Waals surface area contributed by atoms with Crippen molar-refractivity contribution in [1.29, 1.82) is 0 Å². The maximum Gasteiger partial charge on any atom is 0.398 e. The third-order valence-electron chi connectivity index (χ3n) is 1.83. The first kappa shape index (κ1) is 14.3. The Labute approximate surface area is 89.2 Å². The molecule has 6 nitrogen and oxygen atoms in total. The average molecular weight is 240 g/mol. The maximum atomic E-state index is 10.5. The average Bonchev–Trinajstić information content (AvgIpc) is 2.08. The maximum absolute atomic E-state index is 10.5. The molecule has 7 heteroatoms. The highest BCUT2D eigenvalue weighted by molar-refractivity contribution is 7.80. The van der Waals surface area contributed by atoms with Crippen molar-refractivity contribution in [3.05, 3.63) is 0 Å². The molecule has 0 saturated carbocycles. The highest BCUT2D eigenvalue weighted by Gasteiger charge is 2.23. The fraction of sp³-hybridized carbons (Fsp3) is 0.875. The summed E-state index contributed by atoms with van der Waals surface area (Å²) in [5.74, 6) is -1.39. The molecule has 90 valence electrons. The Morgan fingerprint density at radius 3 is 2.33 bits per heavy atom. The second-order valence-electron chi connectivity index (χ2n) is 3.20. The van der Waals surface area contributed by atoms with Crippen LogP contribution in [-0.2, 0) is 19.4 Å². The van der Waals surface area contributed by atoms with E-state index in [2.05, 4.69) is 4.18 Å². The van der Waals surface area contributed by atoms with Crippen molar-refractivity contribution in [2.24, 2.45) is 0 Å². The van der Waals surface area contributed by atoms with Crippen LogP contribution in [0.4, 0.5) is 0 Å². The minimum Gasteiger partial charge on any atom is -0.479 e. The molecule has 0 saturated heterocycles. The van der Waals surface area contributed by atoms with Gasteiger partial charge in [0.05, 0.1) is 0 Å². The Balaban J connectivity index is 4.01. The van der Waals surface area contributed by atoms with Gasteiger partial charge in [0, 0.05) is 0 Å². The molecule has 0 spiro atoms. The Morgan fingerprint density at radius 2 is 1.93 bits per heavy atom. The van der Waals surface area contributed by atoms with E-state index in [1.54, 1.807) is 0 Å². The number of rotatable bonds is 8. The third kappa shape index (κ3) is 8.34. The quantitative estimate of drug-likeness (QED) is 0.489. The number of carboxylic acid groups (broad SMARTS) is 1. The molecule has 0 radical (unpaired) electrons. The SMILES string of the molecule is CCCCCCC(OS(=O)(=O)O)C(=O)O. The van der Waals surface area contributed by atoms with Crippen LogP contribution in [0.15, 0.2) is 0 Å². The van der Waals surface area contributed by atoms with Crippen LogP contribution >= 0.6 is 0 Å². The van der Waals surface area contributed by atoms with Gasteiger partial charge in [0.25, 0.3) is 0 Å². The summed E-state index contributed by atoms with van der Waals surface area (Å²) in [4.78, 5) is 10.5. The first-order chi connectivity index (χ1) is 6.87. The summed E-state index contributed by atoms with van der Waals surface area (Å²) in [5.41, 5.74) is 0. The molecule has 0 amide bonds. The van der Waals surface area contributed by atoms with E-state index in [1.165, 1.54) is 0 Å². The second-order valence-corrected chi connectivity index (χ2v) is 4.25. The minimum absolute atomic E-state index is 0.0785. The summed E-state index contributed by atoms with van der Waals surface area (Å²) in [6.45, 7) is 2.00. The molecule has 1 unspecified atom stereocenters. The zero-order valence-electron chi connectivity index (χ0n) is 8.55. The van der Waals surface area contributed by atoms with Crippen molar-refractivity contribution in [3.8, 4) is 0 Å². The summed E-state index contributed by atoms with van der Waals surface area (Å²) < 4.78 is 32.9. The van der Waals surface area contributed by atoms with E-state index in [4.69, 9.17) is 9.66 Å². The zero-order chi connectivity index (χ0) is 11.9. The number of hydrogen-bond donors (Lipinski definition) is 2. The van der Waals surface area contributed by atoms with Gasteiger partial charge in [0.2, 0.25) is 0 Å². The van der Waals surface area contributed by atoms with Gasteiger partial charge >= 0.3 is 16.4 Å². The predicted molar refractivity (Wildman–Crippen MR) is 52.8 cm³/mol. The summed E-state index contributed by atoms with van der Waals surface area (Å²) in [5, 5.41) is 8.59. The monoisotopic (exact) mass is 240 g/mol. The van der Waals surface area contributed by atoms with Crippen molar-refractivity contribution in [2.45, 2.75) is 45.1 Å². The highest BCUT2D eigenvalue weighted by atomic mass is 32.3. The minimum atomic E-state index is -4.69. The molecule has 0 aliphatic heterocycles. The van der Waals surface area contributed by atoms with E-state index in [0.717, 1.165) is 19.3 Å². The number of aliphatic carboxylic acids is 1. The topological polar surface area (TPSA) is 101 Å².